The van der Waals surface area contributed by atoms with Crippen LogP contribution in [0.25, 0.3) is 0 Å². The van der Waals surface area contributed by atoms with E-state index in [1.54, 1.807) is 18.2 Å². The summed E-state index contributed by atoms with van der Waals surface area (Å²) in [5, 5.41) is -0.156. The van der Waals surface area contributed by atoms with Crippen molar-refractivity contribution >= 4 is 28.6 Å². The topological polar surface area (TPSA) is 94.9 Å². The monoisotopic (exact) mass is 327 g/mol. The zero-order valence-electron chi connectivity index (χ0n) is 11.1. The second-order valence-corrected chi connectivity index (χ2v) is 7.92. The summed E-state index contributed by atoms with van der Waals surface area (Å²) < 4.78 is 36.9. The summed E-state index contributed by atoms with van der Waals surface area (Å²) in [5.41, 5.74) is 0.316. The summed E-state index contributed by atoms with van der Waals surface area (Å²) >= 11 is 0. The molecule has 0 aliphatic carbocycles. The molecule has 0 saturated carbocycles. The number of benzene rings is 2. The Morgan fingerprint density at radius 1 is 0.952 bits per heavy atom. The Morgan fingerprint density at radius 3 is 1.95 bits per heavy atom. The maximum Gasteiger partial charge on any atom is 0.356 e. The Kier molecular flexibility index (Phi) is 4.20. The highest BCUT2D eigenvalue weighted by molar-refractivity contribution is 7.92. The summed E-state index contributed by atoms with van der Waals surface area (Å²) in [6.07, 6.45) is 0. The minimum absolute atomic E-state index is 0.145. The van der Waals surface area contributed by atoms with Crippen molar-refractivity contribution in [2.24, 2.45) is 0 Å². The van der Waals surface area contributed by atoms with Crippen molar-refractivity contribution in [2.45, 2.75) is 4.90 Å². The third-order valence-corrected chi connectivity index (χ3v) is 5.72. The van der Waals surface area contributed by atoms with E-state index in [4.69, 9.17) is 9.79 Å². The number of nitrogens with zero attached hydrogens (tertiary/aromatic N) is 1. The van der Waals surface area contributed by atoms with Gasteiger partial charge in [0.1, 0.15) is 0 Å². The highest BCUT2D eigenvalue weighted by Crippen LogP contribution is 2.33. The van der Waals surface area contributed by atoms with Gasteiger partial charge in [0.15, 0.2) is 0 Å². The van der Waals surface area contributed by atoms with Crippen molar-refractivity contribution < 1.29 is 22.8 Å². The fourth-order valence-corrected chi connectivity index (χ4v) is 3.50. The van der Waals surface area contributed by atoms with Gasteiger partial charge in [-0.25, -0.2) is 8.42 Å². The Balaban J connectivity index is 2.37. The van der Waals surface area contributed by atoms with Crippen molar-refractivity contribution in [1.82, 2.24) is 0 Å². The molecule has 2 N–H and O–H groups in total. The zero-order valence-corrected chi connectivity index (χ0v) is 12.8. The van der Waals surface area contributed by atoms with E-state index in [1.165, 1.54) is 43.4 Å². The van der Waals surface area contributed by atoms with Crippen LogP contribution in [0.15, 0.2) is 59.5 Å². The molecule has 2 rings (SSSR count). The number of hydrogen-bond acceptors (Lipinski definition) is 3. The first-order valence-electron chi connectivity index (χ1n) is 5.93. The number of sulfonamides is 1. The Labute approximate surface area is 122 Å². The van der Waals surface area contributed by atoms with E-state index >= 15 is 0 Å². The highest BCUT2D eigenvalue weighted by Gasteiger charge is 2.22. The maximum absolute atomic E-state index is 12.4. The molecular weight excluding hydrogens is 313 g/mol. The lowest BCUT2D eigenvalue weighted by Gasteiger charge is -2.19. The van der Waals surface area contributed by atoms with Gasteiger partial charge in [-0.15, -0.1) is 0 Å². The van der Waals surface area contributed by atoms with Crippen molar-refractivity contribution in [3.8, 4) is 0 Å². The number of rotatable bonds is 4. The van der Waals surface area contributed by atoms with Gasteiger partial charge in [-0.2, -0.15) is 0 Å². The minimum atomic E-state index is -4.33. The maximum atomic E-state index is 12.4. The minimum Gasteiger partial charge on any atom is -0.321 e. The summed E-state index contributed by atoms with van der Waals surface area (Å²) in [6, 6.07) is 13.1. The number of hydrogen-bond donors (Lipinski definition) is 2. The van der Waals surface area contributed by atoms with E-state index in [1.807, 2.05) is 0 Å². The van der Waals surface area contributed by atoms with Crippen LogP contribution in [0.4, 0.5) is 5.69 Å². The van der Waals surface area contributed by atoms with Crippen LogP contribution in [0.5, 0.6) is 0 Å². The molecule has 6 nitrogen and oxygen atoms in total. The molecule has 0 spiro atoms. The van der Waals surface area contributed by atoms with Crippen molar-refractivity contribution in [1.29, 1.82) is 0 Å². The predicted octanol–water partition coefficient (Wildman–Crippen LogP) is 1.31. The summed E-state index contributed by atoms with van der Waals surface area (Å²) in [6.45, 7) is 0. The lowest BCUT2D eigenvalue weighted by Crippen LogP contribution is -2.26. The quantitative estimate of drug-likeness (QED) is 0.826. The summed E-state index contributed by atoms with van der Waals surface area (Å²) in [5.74, 6) is 0. The van der Waals surface area contributed by atoms with Gasteiger partial charge in [0.05, 0.1) is 15.9 Å². The predicted molar refractivity (Wildman–Crippen MR) is 80.2 cm³/mol. The molecule has 0 unspecified atom stereocenters. The van der Waals surface area contributed by atoms with E-state index < -0.39 is 17.6 Å². The molecule has 0 radical (unpaired) electrons. The third-order valence-electron chi connectivity index (χ3n) is 2.95. The molecule has 0 bridgehead atoms. The summed E-state index contributed by atoms with van der Waals surface area (Å²) in [4.78, 5) is 18.2. The Bertz CT molecular complexity index is 768. The molecule has 21 heavy (non-hydrogen) atoms. The van der Waals surface area contributed by atoms with Gasteiger partial charge in [0.25, 0.3) is 10.0 Å². The van der Waals surface area contributed by atoms with Crippen molar-refractivity contribution in [3.05, 3.63) is 54.6 Å². The first-order chi connectivity index (χ1) is 9.73. The lowest BCUT2D eigenvalue weighted by molar-refractivity contribution is 0.387. The van der Waals surface area contributed by atoms with E-state index in [-0.39, 0.29) is 10.2 Å². The molecule has 0 aromatic heterocycles. The molecule has 0 aliphatic rings. The van der Waals surface area contributed by atoms with Gasteiger partial charge in [-0.05, 0) is 36.4 Å². The van der Waals surface area contributed by atoms with Crippen LogP contribution >= 0.6 is 7.60 Å². The van der Waals surface area contributed by atoms with Crippen LogP contribution < -0.4 is 9.61 Å². The van der Waals surface area contributed by atoms with Crippen LogP contribution in [0, 0.1) is 0 Å². The van der Waals surface area contributed by atoms with Crippen LogP contribution in [-0.2, 0) is 14.6 Å². The molecule has 112 valence electrons. The first kappa shape index (κ1) is 15.7. The smallest absolute Gasteiger partial charge is 0.321 e. The normalized spacial score (nSPS) is 12.1. The van der Waals surface area contributed by atoms with Crippen molar-refractivity contribution in [3.63, 3.8) is 0 Å². The molecule has 8 heteroatoms. The average Bonchev–Trinajstić information content (AvgIpc) is 2.46. The van der Waals surface area contributed by atoms with Crippen LogP contribution in [0.1, 0.15) is 0 Å². The fourth-order valence-electron chi connectivity index (χ4n) is 1.75. The zero-order chi connectivity index (χ0) is 15.7. The van der Waals surface area contributed by atoms with Gasteiger partial charge in [-0.1, -0.05) is 18.2 Å². The van der Waals surface area contributed by atoms with E-state index in [0.717, 1.165) is 4.31 Å². The molecule has 2 aromatic carbocycles. The van der Waals surface area contributed by atoms with E-state index in [0.29, 0.717) is 5.69 Å². The van der Waals surface area contributed by atoms with Crippen LogP contribution in [0.2, 0.25) is 0 Å². The molecule has 0 aliphatic heterocycles. The largest absolute Gasteiger partial charge is 0.356 e. The average molecular weight is 327 g/mol. The first-order valence-corrected chi connectivity index (χ1v) is 8.98. The van der Waals surface area contributed by atoms with E-state index in [2.05, 4.69) is 0 Å². The Hall–Kier alpha value is -1.66. The highest BCUT2D eigenvalue weighted by atomic mass is 32.2. The van der Waals surface area contributed by atoms with E-state index in [9.17, 15) is 13.0 Å². The van der Waals surface area contributed by atoms with Gasteiger partial charge in [0, 0.05) is 7.05 Å². The molecule has 0 fully saturated rings. The molecule has 0 atom stereocenters. The Morgan fingerprint density at radius 2 is 1.48 bits per heavy atom. The third kappa shape index (κ3) is 3.33. The van der Waals surface area contributed by atoms with Gasteiger partial charge < -0.3 is 9.79 Å². The van der Waals surface area contributed by atoms with Crippen LogP contribution in [-0.4, -0.2) is 25.3 Å². The molecule has 0 amide bonds. The molecular formula is C13H14NO5PS. The second kappa shape index (κ2) is 5.61. The standard InChI is InChI=1S/C13H14NO5PS/c1-14(21(18,19)13-5-3-2-4-6-13)11-7-9-12(10-8-11)20(15,16)17/h2-10H,1H3,(H2,15,16,17). The van der Waals surface area contributed by atoms with Crippen LogP contribution in [0.3, 0.4) is 0 Å². The van der Waals surface area contributed by atoms with Gasteiger partial charge in [-0.3, -0.25) is 8.87 Å². The molecule has 0 saturated heterocycles. The van der Waals surface area contributed by atoms with Crippen molar-refractivity contribution in [2.75, 3.05) is 11.4 Å². The van der Waals surface area contributed by atoms with Gasteiger partial charge >= 0.3 is 7.60 Å². The lowest BCUT2D eigenvalue weighted by atomic mass is 10.3. The summed E-state index contributed by atoms with van der Waals surface area (Å²) in [7, 11) is -6.65. The second-order valence-electron chi connectivity index (χ2n) is 4.35. The fraction of sp³-hybridized carbons (Fsp3) is 0.0769. The van der Waals surface area contributed by atoms with Gasteiger partial charge in [0.2, 0.25) is 0 Å². The molecule has 2 aromatic rings. The number of anilines is 1. The molecule has 0 heterocycles. The SMILES string of the molecule is CN(c1ccc(P(=O)(O)O)cc1)S(=O)(=O)c1ccccc1.